The molecule has 94 valence electrons. The number of nitrogens with two attached hydrogens (primary N) is 1. The molecule has 1 atom stereocenters. The largest absolute Gasteiger partial charge is 0.385 e. The number of hydrogen-bond acceptors (Lipinski definition) is 3. The maximum atomic E-state index is 12.0. The zero-order chi connectivity index (χ0) is 12.7. The maximum absolute atomic E-state index is 12.0. The standard InChI is InChI=1S/C14H21NO2/c1-11(7-8-17-2)14(16)9-12-5-3-4-6-13(12)10-15/h3-6,11H,7-10,15H2,1-2H3. The quantitative estimate of drug-likeness (QED) is 0.785. The van der Waals surface area contributed by atoms with Gasteiger partial charge in [0.05, 0.1) is 0 Å². The Kier molecular flexibility index (Phi) is 5.87. The van der Waals surface area contributed by atoms with Crippen LogP contribution in [0.15, 0.2) is 24.3 Å². The first kappa shape index (κ1) is 13.9. The Balaban J connectivity index is 2.61. The number of Topliss-reactive ketones (excluding diaryl/α,β-unsaturated/α-hetero) is 1. The second kappa shape index (κ2) is 7.20. The molecule has 0 heterocycles. The molecule has 0 saturated heterocycles. The summed E-state index contributed by atoms with van der Waals surface area (Å²) in [6, 6.07) is 7.84. The predicted molar refractivity (Wildman–Crippen MR) is 68.7 cm³/mol. The molecule has 1 aromatic carbocycles. The number of rotatable bonds is 7. The van der Waals surface area contributed by atoms with E-state index < -0.39 is 0 Å². The Bertz CT molecular complexity index is 363. The van der Waals surface area contributed by atoms with Gasteiger partial charge in [-0.3, -0.25) is 4.79 Å². The number of carbonyl (C=O) groups is 1. The van der Waals surface area contributed by atoms with Crippen LogP contribution >= 0.6 is 0 Å². The van der Waals surface area contributed by atoms with Gasteiger partial charge in [-0.05, 0) is 17.5 Å². The van der Waals surface area contributed by atoms with E-state index in [0.717, 1.165) is 17.5 Å². The van der Waals surface area contributed by atoms with E-state index >= 15 is 0 Å². The minimum atomic E-state index is 0.0424. The van der Waals surface area contributed by atoms with Crippen LogP contribution in [0.3, 0.4) is 0 Å². The molecule has 0 amide bonds. The number of ether oxygens (including phenoxy) is 1. The van der Waals surface area contributed by atoms with E-state index in [-0.39, 0.29) is 11.7 Å². The summed E-state index contributed by atoms with van der Waals surface area (Å²) in [6.45, 7) is 3.06. The highest BCUT2D eigenvalue weighted by Crippen LogP contribution is 2.13. The molecular weight excluding hydrogens is 214 g/mol. The van der Waals surface area contributed by atoms with Gasteiger partial charge in [0.15, 0.2) is 0 Å². The smallest absolute Gasteiger partial charge is 0.140 e. The van der Waals surface area contributed by atoms with Gasteiger partial charge >= 0.3 is 0 Å². The molecule has 0 aromatic heterocycles. The molecule has 0 bridgehead atoms. The summed E-state index contributed by atoms with van der Waals surface area (Å²) in [5, 5.41) is 0. The van der Waals surface area contributed by atoms with Gasteiger partial charge in [0.25, 0.3) is 0 Å². The van der Waals surface area contributed by atoms with Crippen molar-refractivity contribution in [1.29, 1.82) is 0 Å². The van der Waals surface area contributed by atoms with E-state index in [2.05, 4.69) is 0 Å². The number of hydrogen-bond donors (Lipinski definition) is 1. The highest BCUT2D eigenvalue weighted by Gasteiger charge is 2.14. The van der Waals surface area contributed by atoms with Crippen molar-refractivity contribution in [3.8, 4) is 0 Å². The van der Waals surface area contributed by atoms with Gasteiger partial charge in [0, 0.05) is 32.6 Å². The second-order valence-corrected chi connectivity index (χ2v) is 4.30. The number of methoxy groups -OCH3 is 1. The SMILES string of the molecule is COCCC(C)C(=O)Cc1ccccc1CN. The van der Waals surface area contributed by atoms with Crippen molar-refractivity contribution in [3.05, 3.63) is 35.4 Å². The van der Waals surface area contributed by atoms with Gasteiger partial charge in [-0.2, -0.15) is 0 Å². The van der Waals surface area contributed by atoms with E-state index in [1.807, 2.05) is 31.2 Å². The molecular formula is C14H21NO2. The van der Waals surface area contributed by atoms with E-state index in [9.17, 15) is 4.79 Å². The highest BCUT2D eigenvalue weighted by atomic mass is 16.5. The summed E-state index contributed by atoms with van der Waals surface area (Å²) in [5.74, 6) is 0.295. The Morgan fingerprint density at radius 3 is 2.59 bits per heavy atom. The lowest BCUT2D eigenvalue weighted by Crippen LogP contribution is -2.16. The van der Waals surface area contributed by atoms with Crippen molar-refractivity contribution in [3.63, 3.8) is 0 Å². The number of benzene rings is 1. The first-order valence-corrected chi connectivity index (χ1v) is 5.97. The lowest BCUT2D eigenvalue weighted by atomic mass is 9.94. The molecule has 0 aliphatic rings. The van der Waals surface area contributed by atoms with Crippen LogP contribution in [-0.2, 0) is 22.5 Å². The third-order valence-electron chi connectivity index (χ3n) is 3.01. The average Bonchev–Trinajstić information content (AvgIpc) is 2.36. The summed E-state index contributed by atoms with van der Waals surface area (Å²) in [4.78, 5) is 12.0. The van der Waals surface area contributed by atoms with Crippen molar-refractivity contribution in [2.75, 3.05) is 13.7 Å². The molecule has 1 aromatic rings. The Morgan fingerprint density at radius 1 is 1.35 bits per heavy atom. The van der Waals surface area contributed by atoms with Crippen molar-refractivity contribution < 1.29 is 9.53 Å². The van der Waals surface area contributed by atoms with Crippen LogP contribution in [0.1, 0.15) is 24.5 Å². The fourth-order valence-electron chi connectivity index (χ4n) is 1.75. The van der Waals surface area contributed by atoms with Crippen LogP contribution in [0.5, 0.6) is 0 Å². The van der Waals surface area contributed by atoms with Crippen LogP contribution in [0.25, 0.3) is 0 Å². The van der Waals surface area contributed by atoms with Crippen molar-refractivity contribution in [2.45, 2.75) is 26.3 Å². The summed E-state index contributed by atoms with van der Waals surface area (Å²) in [6.07, 6.45) is 1.25. The van der Waals surface area contributed by atoms with Crippen molar-refractivity contribution in [1.82, 2.24) is 0 Å². The van der Waals surface area contributed by atoms with E-state index in [1.54, 1.807) is 7.11 Å². The fourth-order valence-corrected chi connectivity index (χ4v) is 1.75. The lowest BCUT2D eigenvalue weighted by molar-refractivity contribution is -0.122. The molecule has 0 fully saturated rings. The van der Waals surface area contributed by atoms with Crippen LogP contribution in [0.2, 0.25) is 0 Å². The van der Waals surface area contributed by atoms with Crippen molar-refractivity contribution in [2.24, 2.45) is 11.7 Å². The monoisotopic (exact) mass is 235 g/mol. The highest BCUT2D eigenvalue weighted by molar-refractivity contribution is 5.83. The lowest BCUT2D eigenvalue weighted by Gasteiger charge is -2.11. The molecule has 0 radical (unpaired) electrons. The normalized spacial score (nSPS) is 12.4. The van der Waals surface area contributed by atoms with Crippen LogP contribution in [0, 0.1) is 5.92 Å². The van der Waals surface area contributed by atoms with Gasteiger partial charge in [-0.1, -0.05) is 31.2 Å². The molecule has 0 aliphatic carbocycles. The van der Waals surface area contributed by atoms with E-state index in [0.29, 0.717) is 19.6 Å². The topological polar surface area (TPSA) is 52.3 Å². The molecule has 0 spiro atoms. The first-order chi connectivity index (χ1) is 8.19. The minimum absolute atomic E-state index is 0.0424. The van der Waals surface area contributed by atoms with Gasteiger partial charge < -0.3 is 10.5 Å². The van der Waals surface area contributed by atoms with Crippen LogP contribution in [0.4, 0.5) is 0 Å². The van der Waals surface area contributed by atoms with Crippen LogP contribution in [-0.4, -0.2) is 19.5 Å². The van der Waals surface area contributed by atoms with Gasteiger partial charge in [0.1, 0.15) is 5.78 Å². The molecule has 3 nitrogen and oxygen atoms in total. The molecule has 1 rings (SSSR count). The van der Waals surface area contributed by atoms with Gasteiger partial charge in [0.2, 0.25) is 0 Å². The molecule has 17 heavy (non-hydrogen) atoms. The zero-order valence-corrected chi connectivity index (χ0v) is 10.6. The Labute approximate surface area is 103 Å². The maximum Gasteiger partial charge on any atom is 0.140 e. The van der Waals surface area contributed by atoms with Gasteiger partial charge in [-0.15, -0.1) is 0 Å². The van der Waals surface area contributed by atoms with E-state index in [4.69, 9.17) is 10.5 Å². The molecule has 3 heteroatoms. The Hall–Kier alpha value is -1.19. The van der Waals surface area contributed by atoms with Gasteiger partial charge in [-0.25, -0.2) is 0 Å². The minimum Gasteiger partial charge on any atom is -0.385 e. The third-order valence-corrected chi connectivity index (χ3v) is 3.01. The first-order valence-electron chi connectivity index (χ1n) is 5.97. The number of ketones is 1. The fraction of sp³-hybridized carbons (Fsp3) is 0.500. The number of carbonyl (C=O) groups excluding carboxylic acids is 1. The molecule has 1 unspecified atom stereocenters. The van der Waals surface area contributed by atoms with E-state index in [1.165, 1.54) is 0 Å². The summed E-state index contributed by atoms with van der Waals surface area (Å²) >= 11 is 0. The summed E-state index contributed by atoms with van der Waals surface area (Å²) in [7, 11) is 1.65. The third kappa shape index (κ3) is 4.29. The second-order valence-electron chi connectivity index (χ2n) is 4.30. The predicted octanol–water partition coefficient (Wildman–Crippen LogP) is 1.93. The van der Waals surface area contributed by atoms with Crippen molar-refractivity contribution >= 4 is 5.78 Å². The zero-order valence-electron chi connectivity index (χ0n) is 10.6. The van der Waals surface area contributed by atoms with Crippen LogP contribution < -0.4 is 5.73 Å². The summed E-state index contributed by atoms with van der Waals surface area (Å²) in [5.41, 5.74) is 7.75. The Morgan fingerprint density at radius 2 is 2.00 bits per heavy atom. The molecule has 0 saturated carbocycles. The molecule has 2 N–H and O–H groups in total. The summed E-state index contributed by atoms with van der Waals surface area (Å²) < 4.78 is 4.99. The average molecular weight is 235 g/mol. The molecule has 0 aliphatic heterocycles.